The van der Waals surface area contributed by atoms with Gasteiger partial charge in [-0.05, 0) is 12.1 Å². The molecule has 0 unspecified atom stereocenters. The second-order valence-electron chi connectivity index (χ2n) is 5.05. The van der Waals surface area contributed by atoms with Crippen LogP contribution in [0, 0.1) is 0 Å². The average molecular weight is 397 g/mol. The molecule has 1 aromatic carbocycles. The molecule has 0 aromatic heterocycles. The summed E-state index contributed by atoms with van der Waals surface area (Å²) >= 11 is 12.1. The summed E-state index contributed by atoms with van der Waals surface area (Å²) in [7, 11) is 0. The van der Waals surface area contributed by atoms with Crippen LogP contribution in [0.15, 0.2) is 30.7 Å². The van der Waals surface area contributed by atoms with Gasteiger partial charge in [0.1, 0.15) is 5.69 Å². The molecule has 0 N–H and O–H groups in total. The van der Waals surface area contributed by atoms with Gasteiger partial charge in [-0.3, -0.25) is 0 Å². The van der Waals surface area contributed by atoms with Crippen molar-refractivity contribution >= 4 is 23.2 Å². The molecule has 3 rings (SSSR count). The van der Waals surface area contributed by atoms with Gasteiger partial charge in [0.25, 0.3) is 0 Å². The van der Waals surface area contributed by atoms with E-state index in [1.54, 1.807) is 18.2 Å². The molecule has 11 heteroatoms. The topological polar surface area (TPSA) is 43.6 Å². The number of hydrogen-bond donors (Lipinski definition) is 0. The SMILES string of the molecule is FC(F)(F)C(F)(F)c1nc2cncn(Cc3c(Cl)cccc3Cl)c-2n1. The van der Waals surface area contributed by atoms with Crippen molar-refractivity contribution in [3.8, 4) is 11.5 Å². The molecule has 0 aliphatic carbocycles. The maximum Gasteiger partial charge on any atom is 0.461 e. The molecule has 0 saturated heterocycles. The maximum atomic E-state index is 13.5. The molecule has 25 heavy (non-hydrogen) atoms. The molecule has 1 aromatic rings. The van der Waals surface area contributed by atoms with E-state index < -0.39 is 17.9 Å². The summed E-state index contributed by atoms with van der Waals surface area (Å²) in [6.07, 6.45) is -3.54. The average Bonchev–Trinajstić information content (AvgIpc) is 2.95. The lowest BCUT2D eigenvalue weighted by Crippen LogP contribution is -2.34. The first kappa shape index (κ1) is 17.8. The highest BCUT2D eigenvalue weighted by Gasteiger charge is 2.61. The van der Waals surface area contributed by atoms with Gasteiger partial charge in [0.15, 0.2) is 5.82 Å². The zero-order valence-corrected chi connectivity index (χ0v) is 13.5. The molecule has 0 amide bonds. The van der Waals surface area contributed by atoms with E-state index in [4.69, 9.17) is 23.2 Å². The molecule has 0 spiro atoms. The van der Waals surface area contributed by atoms with Gasteiger partial charge in [0.2, 0.25) is 5.82 Å². The third-order valence-electron chi connectivity index (χ3n) is 3.37. The lowest BCUT2D eigenvalue weighted by atomic mass is 10.2. The van der Waals surface area contributed by atoms with Crippen molar-refractivity contribution in [2.45, 2.75) is 18.6 Å². The number of halogens is 7. The summed E-state index contributed by atoms with van der Waals surface area (Å²) in [5, 5.41) is 0.606. The molecule has 132 valence electrons. The van der Waals surface area contributed by atoms with Crippen LogP contribution >= 0.6 is 23.2 Å². The summed E-state index contributed by atoms with van der Waals surface area (Å²) in [6.45, 7) is -0.0292. The Morgan fingerprint density at radius 2 is 1.64 bits per heavy atom. The van der Waals surface area contributed by atoms with Crippen LogP contribution in [0.4, 0.5) is 22.0 Å². The van der Waals surface area contributed by atoms with Gasteiger partial charge < -0.3 is 4.57 Å². The standard InChI is InChI=1S/C14H7Cl2F5N4/c15-8-2-1-3-9(16)7(8)5-25-6-22-4-10-11(25)24-12(23-10)13(17,18)14(19,20)21/h1-4,6H,5H2. The lowest BCUT2D eigenvalue weighted by molar-refractivity contribution is -0.292. The molecular weight excluding hydrogens is 390 g/mol. The van der Waals surface area contributed by atoms with Gasteiger partial charge in [-0.2, -0.15) is 22.0 Å². The van der Waals surface area contributed by atoms with Gasteiger partial charge in [-0.25, -0.2) is 15.0 Å². The minimum Gasteiger partial charge on any atom is -0.311 e. The fourth-order valence-corrected chi connectivity index (χ4v) is 2.64. The largest absolute Gasteiger partial charge is 0.461 e. The van der Waals surface area contributed by atoms with Crippen molar-refractivity contribution in [2.24, 2.45) is 0 Å². The van der Waals surface area contributed by atoms with Crippen LogP contribution in [-0.2, 0) is 12.5 Å². The Labute approximate surface area is 147 Å². The Bertz CT molecular complexity index is 873. The van der Waals surface area contributed by atoms with Crippen molar-refractivity contribution in [1.29, 1.82) is 0 Å². The van der Waals surface area contributed by atoms with E-state index in [0.29, 0.717) is 15.6 Å². The van der Waals surface area contributed by atoms with E-state index in [0.717, 1.165) is 6.20 Å². The van der Waals surface area contributed by atoms with Crippen LogP contribution in [0.5, 0.6) is 0 Å². The number of nitrogens with zero attached hydrogens (tertiary/aromatic N) is 4. The predicted octanol–water partition coefficient (Wildman–Crippen LogP) is 4.79. The summed E-state index contributed by atoms with van der Waals surface area (Å²) in [5.74, 6) is -7.00. The number of hydrogen-bond acceptors (Lipinski definition) is 3. The molecular formula is C14H7Cl2F5N4. The monoisotopic (exact) mass is 396 g/mol. The Morgan fingerprint density at radius 1 is 1.00 bits per heavy atom. The molecule has 0 radical (unpaired) electrons. The summed E-state index contributed by atoms with van der Waals surface area (Å²) in [6, 6.07) is 4.75. The quantitative estimate of drug-likeness (QED) is 0.598. The first-order chi connectivity index (χ1) is 11.6. The molecule has 0 saturated carbocycles. The fourth-order valence-electron chi connectivity index (χ4n) is 2.12. The van der Waals surface area contributed by atoms with E-state index in [9.17, 15) is 22.0 Å². The first-order valence-corrected chi connectivity index (χ1v) is 7.42. The highest BCUT2D eigenvalue weighted by Crippen LogP contribution is 2.43. The van der Waals surface area contributed by atoms with Crippen LogP contribution in [0.3, 0.4) is 0 Å². The Morgan fingerprint density at radius 3 is 2.24 bits per heavy atom. The molecule has 0 fully saturated rings. The Balaban J connectivity index is 2.07. The molecule has 0 atom stereocenters. The zero-order valence-electron chi connectivity index (χ0n) is 12.0. The third-order valence-corrected chi connectivity index (χ3v) is 4.08. The third kappa shape index (κ3) is 3.13. The summed E-state index contributed by atoms with van der Waals surface area (Å²) in [4.78, 5) is 10.4. The fraction of sp³-hybridized carbons (Fsp3) is 0.214. The number of rotatable bonds is 3. The van der Waals surface area contributed by atoms with Crippen LogP contribution in [0.2, 0.25) is 10.0 Å². The molecule has 4 nitrogen and oxygen atoms in total. The van der Waals surface area contributed by atoms with E-state index in [1.807, 2.05) is 0 Å². The minimum atomic E-state index is -5.80. The number of fused-ring (bicyclic) bond motifs is 1. The van der Waals surface area contributed by atoms with E-state index in [-0.39, 0.29) is 18.1 Å². The van der Waals surface area contributed by atoms with Gasteiger partial charge in [0, 0.05) is 15.6 Å². The highest BCUT2D eigenvalue weighted by atomic mass is 35.5. The first-order valence-electron chi connectivity index (χ1n) is 6.67. The van der Waals surface area contributed by atoms with E-state index in [2.05, 4.69) is 15.0 Å². The maximum absolute atomic E-state index is 13.5. The molecule has 2 heterocycles. The second kappa shape index (κ2) is 6.06. The minimum absolute atomic E-state index is 0.0292. The summed E-state index contributed by atoms with van der Waals surface area (Å²) in [5.41, 5.74) is 0.238. The molecule has 2 aliphatic rings. The highest BCUT2D eigenvalue weighted by molar-refractivity contribution is 6.35. The van der Waals surface area contributed by atoms with Crippen LogP contribution in [-0.4, -0.2) is 25.7 Å². The van der Waals surface area contributed by atoms with Crippen molar-refractivity contribution in [3.63, 3.8) is 0 Å². The van der Waals surface area contributed by atoms with Crippen molar-refractivity contribution in [1.82, 2.24) is 19.5 Å². The zero-order chi connectivity index (χ0) is 18.4. The number of aromatic nitrogens is 4. The van der Waals surface area contributed by atoms with Crippen LogP contribution in [0.1, 0.15) is 11.4 Å². The lowest BCUT2D eigenvalue weighted by Gasteiger charge is -2.15. The number of alkyl halides is 5. The van der Waals surface area contributed by atoms with Gasteiger partial charge >= 0.3 is 12.1 Å². The molecule has 2 aliphatic heterocycles. The van der Waals surface area contributed by atoms with E-state index >= 15 is 0 Å². The van der Waals surface area contributed by atoms with E-state index in [1.165, 1.54) is 10.9 Å². The second-order valence-corrected chi connectivity index (χ2v) is 5.86. The Hall–Kier alpha value is -2.00. The van der Waals surface area contributed by atoms with Crippen molar-refractivity contribution < 1.29 is 22.0 Å². The summed E-state index contributed by atoms with van der Waals surface area (Å²) < 4.78 is 65.7. The number of benzene rings is 1. The number of imidazole rings is 1. The van der Waals surface area contributed by atoms with Gasteiger partial charge in [-0.1, -0.05) is 29.3 Å². The van der Waals surface area contributed by atoms with Gasteiger partial charge in [0.05, 0.1) is 19.1 Å². The van der Waals surface area contributed by atoms with Crippen LogP contribution in [0.25, 0.3) is 11.5 Å². The predicted molar refractivity (Wildman–Crippen MR) is 80.0 cm³/mol. The normalized spacial score (nSPS) is 12.8. The van der Waals surface area contributed by atoms with Gasteiger partial charge in [-0.15, -0.1) is 0 Å². The smallest absolute Gasteiger partial charge is 0.311 e. The van der Waals surface area contributed by atoms with Crippen molar-refractivity contribution in [2.75, 3.05) is 0 Å². The Kier molecular flexibility index (Phi) is 4.32. The van der Waals surface area contributed by atoms with Crippen LogP contribution < -0.4 is 0 Å². The molecule has 0 bridgehead atoms. The van der Waals surface area contributed by atoms with Crippen molar-refractivity contribution in [3.05, 3.63) is 52.2 Å².